The number of nitrogens with zero attached hydrogens (tertiary/aromatic N) is 1. The maximum Gasteiger partial charge on any atom is 0.269 e. The number of rotatable bonds is 6. The highest BCUT2D eigenvalue weighted by Crippen LogP contribution is 2.29. The summed E-state index contributed by atoms with van der Waals surface area (Å²) >= 11 is 1.39. The average Bonchev–Trinajstić information content (AvgIpc) is 3.31. The van der Waals surface area contributed by atoms with Gasteiger partial charge in [-0.2, -0.15) is 0 Å². The van der Waals surface area contributed by atoms with Crippen molar-refractivity contribution in [1.82, 2.24) is 15.8 Å². The van der Waals surface area contributed by atoms with Crippen molar-refractivity contribution in [2.45, 2.75) is 32.8 Å². The molecule has 3 rings (SSSR count). The van der Waals surface area contributed by atoms with Crippen LogP contribution in [0.15, 0.2) is 35.7 Å². The number of nitrogens with one attached hydrogen (secondary N) is 2. The van der Waals surface area contributed by atoms with Crippen LogP contribution in [-0.2, 0) is 4.79 Å². The molecule has 1 atom stereocenters. The molecule has 0 spiro atoms. The van der Waals surface area contributed by atoms with Crippen LogP contribution >= 0.6 is 11.3 Å². The summed E-state index contributed by atoms with van der Waals surface area (Å²) in [5, 5.41) is 1.85. The Morgan fingerprint density at radius 3 is 2.65 bits per heavy atom. The molecule has 2 aromatic rings. The number of piperidine rings is 1. The lowest BCUT2D eigenvalue weighted by molar-refractivity contribution is -0.127. The summed E-state index contributed by atoms with van der Waals surface area (Å²) in [6.07, 6.45) is 1.36. The number of carbonyl (C=O) groups excluding carboxylic acids is 3. The minimum Gasteiger partial charge on any atom is -0.493 e. The van der Waals surface area contributed by atoms with Crippen molar-refractivity contribution in [2.24, 2.45) is 5.92 Å². The van der Waals surface area contributed by atoms with Crippen molar-refractivity contribution in [2.75, 3.05) is 20.2 Å². The SMILES string of the molecule is COc1cc(C(=O)NNC(=O)C2CCCN(C(=O)c3cccs3)C2)ccc1OC(C)C. The second-order valence-corrected chi connectivity index (χ2v) is 8.49. The first-order valence-electron chi connectivity index (χ1n) is 10.2. The lowest BCUT2D eigenvalue weighted by Crippen LogP contribution is -2.50. The van der Waals surface area contributed by atoms with Crippen LogP contribution in [-0.4, -0.2) is 48.9 Å². The van der Waals surface area contributed by atoms with Gasteiger partial charge in [-0.25, -0.2) is 0 Å². The molecular weight excluding hydrogens is 418 g/mol. The monoisotopic (exact) mass is 445 g/mol. The van der Waals surface area contributed by atoms with Gasteiger partial charge >= 0.3 is 0 Å². The van der Waals surface area contributed by atoms with Crippen LogP contribution in [0.5, 0.6) is 11.5 Å². The lowest BCUT2D eigenvalue weighted by Gasteiger charge is -2.31. The fourth-order valence-corrected chi connectivity index (χ4v) is 4.08. The molecule has 2 heterocycles. The Kier molecular flexibility index (Phi) is 7.51. The number of hydrogen-bond acceptors (Lipinski definition) is 6. The van der Waals surface area contributed by atoms with E-state index in [1.54, 1.807) is 29.2 Å². The van der Waals surface area contributed by atoms with Gasteiger partial charge in [-0.05, 0) is 56.3 Å². The normalized spacial score (nSPS) is 16.0. The van der Waals surface area contributed by atoms with Gasteiger partial charge in [-0.1, -0.05) is 6.07 Å². The van der Waals surface area contributed by atoms with Gasteiger partial charge in [0.2, 0.25) is 5.91 Å². The van der Waals surface area contributed by atoms with Crippen LogP contribution < -0.4 is 20.3 Å². The number of thiophene rings is 1. The predicted molar refractivity (Wildman–Crippen MR) is 117 cm³/mol. The van der Waals surface area contributed by atoms with E-state index in [9.17, 15) is 14.4 Å². The Morgan fingerprint density at radius 2 is 1.97 bits per heavy atom. The van der Waals surface area contributed by atoms with Crippen LogP contribution in [0.25, 0.3) is 0 Å². The summed E-state index contributed by atoms with van der Waals surface area (Å²) in [6.45, 7) is 4.75. The van der Waals surface area contributed by atoms with Gasteiger partial charge in [0.25, 0.3) is 11.8 Å². The van der Waals surface area contributed by atoms with Gasteiger partial charge < -0.3 is 14.4 Å². The zero-order chi connectivity index (χ0) is 22.4. The molecule has 1 aromatic heterocycles. The molecule has 8 nitrogen and oxygen atoms in total. The second-order valence-electron chi connectivity index (χ2n) is 7.54. The highest BCUT2D eigenvalue weighted by Gasteiger charge is 2.29. The molecule has 1 aliphatic rings. The molecule has 166 valence electrons. The van der Waals surface area contributed by atoms with Gasteiger partial charge in [-0.15, -0.1) is 11.3 Å². The topological polar surface area (TPSA) is 97.0 Å². The average molecular weight is 446 g/mol. The van der Waals surface area contributed by atoms with Crippen molar-refractivity contribution in [3.63, 3.8) is 0 Å². The number of methoxy groups -OCH3 is 1. The van der Waals surface area contributed by atoms with Crippen LogP contribution in [0.2, 0.25) is 0 Å². The number of ether oxygens (including phenoxy) is 2. The third-order valence-corrected chi connectivity index (χ3v) is 5.76. The molecule has 1 aliphatic heterocycles. The van der Waals surface area contributed by atoms with Crippen LogP contribution in [0.3, 0.4) is 0 Å². The number of hydrogen-bond donors (Lipinski definition) is 2. The molecule has 9 heteroatoms. The summed E-state index contributed by atoms with van der Waals surface area (Å²) in [6, 6.07) is 8.43. The van der Waals surface area contributed by atoms with Crippen molar-refractivity contribution in [3.8, 4) is 11.5 Å². The van der Waals surface area contributed by atoms with E-state index in [2.05, 4.69) is 10.9 Å². The fourth-order valence-electron chi connectivity index (χ4n) is 3.38. The molecular formula is C22H27N3O5S. The number of benzene rings is 1. The van der Waals surface area contributed by atoms with E-state index in [-0.39, 0.29) is 23.8 Å². The zero-order valence-corrected chi connectivity index (χ0v) is 18.7. The number of hydrazine groups is 1. The van der Waals surface area contributed by atoms with Gasteiger partial charge in [0, 0.05) is 18.7 Å². The summed E-state index contributed by atoms with van der Waals surface area (Å²) in [5.41, 5.74) is 5.25. The summed E-state index contributed by atoms with van der Waals surface area (Å²) < 4.78 is 10.9. The molecule has 1 unspecified atom stereocenters. The van der Waals surface area contributed by atoms with E-state index in [0.717, 1.165) is 6.42 Å². The minimum atomic E-state index is -0.468. The van der Waals surface area contributed by atoms with Crippen molar-refractivity contribution in [1.29, 1.82) is 0 Å². The zero-order valence-electron chi connectivity index (χ0n) is 17.8. The first-order valence-corrected chi connectivity index (χ1v) is 11.0. The van der Waals surface area contributed by atoms with Crippen LogP contribution in [0.4, 0.5) is 0 Å². The maximum absolute atomic E-state index is 12.6. The first-order chi connectivity index (χ1) is 14.9. The molecule has 1 fully saturated rings. The second kappa shape index (κ2) is 10.3. The largest absolute Gasteiger partial charge is 0.493 e. The Bertz CT molecular complexity index is 929. The Hall–Kier alpha value is -3.07. The van der Waals surface area contributed by atoms with Crippen LogP contribution in [0, 0.1) is 5.92 Å². The molecule has 1 aromatic carbocycles. The number of amides is 3. The van der Waals surface area contributed by atoms with Crippen LogP contribution in [0.1, 0.15) is 46.7 Å². The van der Waals surface area contributed by atoms with Gasteiger partial charge in [-0.3, -0.25) is 25.2 Å². The van der Waals surface area contributed by atoms with Gasteiger partial charge in [0.15, 0.2) is 11.5 Å². The molecule has 2 N–H and O–H groups in total. The van der Waals surface area contributed by atoms with E-state index in [1.165, 1.54) is 18.4 Å². The fraction of sp³-hybridized carbons (Fsp3) is 0.409. The first kappa shape index (κ1) is 22.6. The molecule has 0 aliphatic carbocycles. The molecule has 0 radical (unpaired) electrons. The van der Waals surface area contributed by atoms with Gasteiger partial charge in [0.1, 0.15) is 0 Å². The molecule has 1 saturated heterocycles. The van der Waals surface area contributed by atoms with E-state index >= 15 is 0 Å². The van der Waals surface area contributed by atoms with E-state index in [4.69, 9.17) is 9.47 Å². The predicted octanol–water partition coefficient (Wildman–Crippen LogP) is 2.86. The number of carbonyl (C=O) groups is 3. The molecule has 0 bridgehead atoms. The standard InChI is InChI=1S/C22H27N3O5S/c1-14(2)30-17-9-8-15(12-18(17)29-3)20(26)23-24-21(27)16-6-4-10-25(13-16)22(28)19-7-5-11-31-19/h5,7-9,11-12,14,16H,4,6,10,13H2,1-3H3,(H,23,26)(H,24,27). The lowest BCUT2D eigenvalue weighted by atomic mass is 9.97. The van der Waals surface area contributed by atoms with Gasteiger partial charge in [0.05, 0.1) is 24.0 Å². The minimum absolute atomic E-state index is 0.0328. The van der Waals surface area contributed by atoms with E-state index in [0.29, 0.717) is 41.4 Å². The van der Waals surface area contributed by atoms with Crippen molar-refractivity contribution >= 4 is 29.1 Å². The number of likely N-dealkylation sites (tertiary alicyclic amines) is 1. The summed E-state index contributed by atoms with van der Waals surface area (Å²) in [4.78, 5) is 40.0. The van der Waals surface area contributed by atoms with E-state index < -0.39 is 5.91 Å². The van der Waals surface area contributed by atoms with E-state index in [1.807, 2.05) is 25.3 Å². The quantitative estimate of drug-likeness (QED) is 0.667. The molecule has 3 amide bonds. The summed E-state index contributed by atoms with van der Waals surface area (Å²) in [7, 11) is 1.50. The Balaban J connectivity index is 1.56. The Labute approximate surface area is 185 Å². The third-order valence-electron chi connectivity index (χ3n) is 4.90. The molecule has 31 heavy (non-hydrogen) atoms. The molecule has 0 saturated carbocycles. The summed E-state index contributed by atoms with van der Waals surface area (Å²) in [5.74, 6) is -0.256. The maximum atomic E-state index is 12.6. The smallest absolute Gasteiger partial charge is 0.269 e. The van der Waals surface area contributed by atoms with Crippen molar-refractivity contribution in [3.05, 3.63) is 46.2 Å². The highest BCUT2D eigenvalue weighted by atomic mass is 32.1. The third kappa shape index (κ3) is 5.75. The Morgan fingerprint density at radius 1 is 1.16 bits per heavy atom. The highest BCUT2D eigenvalue weighted by molar-refractivity contribution is 7.12. The van der Waals surface area contributed by atoms with Crippen molar-refractivity contribution < 1.29 is 23.9 Å².